The van der Waals surface area contributed by atoms with Crippen molar-refractivity contribution in [3.8, 4) is 0 Å². The van der Waals surface area contributed by atoms with Crippen molar-refractivity contribution >= 4 is 23.4 Å². The van der Waals surface area contributed by atoms with Gasteiger partial charge in [0.25, 0.3) is 0 Å². The first-order valence-electron chi connectivity index (χ1n) is 5.14. The maximum Gasteiger partial charge on any atom is 0.142 e. The Morgan fingerprint density at radius 3 is 3.07 bits per heavy atom. The molecule has 2 rings (SSSR count). The second-order valence-corrected chi connectivity index (χ2v) is 4.81. The highest BCUT2D eigenvalue weighted by Gasteiger charge is 2.14. The first-order valence-corrected chi connectivity index (χ1v) is 6.29. The highest BCUT2D eigenvalue weighted by Crippen LogP contribution is 2.23. The molecule has 4 nitrogen and oxygen atoms in total. The maximum atomic E-state index is 5.29. The summed E-state index contributed by atoms with van der Waals surface area (Å²) in [5.41, 5.74) is 2.54. The molecule has 0 bridgehead atoms. The minimum Gasteiger partial charge on any atom is -0.370 e. The van der Waals surface area contributed by atoms with E-state index in [1.807, 2.05) is 30.0 Å². The fourth-order valence-electron chi connectivity index (χ4n) is 1.61. The Kier molecular flexibility index (Phi) is 3.69. The van der Waals surface area contributed by atoms with Gasteiger partial charge in [0.2, 0.25) is 0 Å². The SMILES string of the molecule is NNc1cccc(NCC2CCSC2)n1. The smallest absolute Gasteiger partial charge is 0.142 e. The predicted molar refractivity (Wildman–Crippen MR) is 66.0 cm³/mol. The highest BCUT2D eigenvalue weighted by atomic mass is 32.2. The lowest BCUT2D eigenvalue weighted by Crippen LogP contribution is -2.15. The number of pyridine rings is 1. The number of thioether (sulfide) groups is 1. The van der Waals surface area contributed by atoms with Crippen molar-refractivity contribution in [2.24, 2.45) is 11.8 Å². The first kappa shape index (κ1) is 10.6. The van der Waals surface area contributed by atoms with Gasteiger partial charge in [0.05, 0.1) is 0 Å². The number of hydrogen-bond acceptors (Lipinski definition) is 5. The molecule has 0 spiro atoms. The van der Waals surface area contributed by atoms with E-state index < -0.39 is 0 Å². The quantitative estimate of drug-likeness (QED) is 0.535. The Bertz CT molecular complexity index is 312. The molecule has 0 saturated carbocycles. The van der Waals surface area contributed by atoms with E-state index in [4.69, 9.17) is 5.84 Å². The molecule has 1 aliphatic rings. The zero-order valence-electron chi connectivity index (χ0n) is 8.57. The normalized spacial score (nSPS) is 20.2. The molecule has 1 fully saturated rings. The topological polar surface area (TPSA) is 63.0 Å². The summed E-state index contributed by atoms with van der Waals surface area (Å²) in [6.45, 7) is 1.01. The summed E-state index contributed by atoms with van der Waals surface area (Å²) in [5, 5.41) is 3.34. The second-order valence-electron chi connectivity index (χ2n) is 3.66. The molecule has 2 heterocycles. The van der Waals surface area contributed by atoms with Crippen LogP contribution in [0.5, 0.6) is 0 Å². The molecule has 1 aromatic heterocycles. The molecule has 15 heavy (non-hydrogen) atoms. The summed E-state index contributed by atoms with van der Waals surface area (Å²) in [7, 11) is 0. The molecule has 0 aromatic carbocycles. The number of hydrazine groups is 1. The van der Waals surface area contributed by atoms with Crippen LogP contribution in [0.4, 0.5) is 11.6 Å². The maximum absolute atomic E-state index is 5.29. The molecule has 0 radical (unpaired) electrons. The van der Waals surface area contributed by atoms with Crippen LogP contribution < -0.4 is 16.6 Å². The van der Waals surface area contributed by atoms with Crippen molar-refractivity contribution in [2.45, 2.75) is 6.42 Å². The molecule has 1 saturated heterocycles. The van der Waals surface area contributed by atoms with Crippen molar-refractivity contribution in [3.63, 3.8) is 0 Å². The van der Waals surface area contributed by atoms with Crippen molar-refractivity contribution in [2.75, 3.05) is 28.8 Å². The fourth-order valence-corrected chi connectivity index (χ4v) is 2.89. The number of nitrogens with two attached hydrogens (primary N) is 1. The molecule has 1 atom stereocenters. The third-order valence-electron chi connectivity index (χ3n) is 2.49. The van der Waals surface area contributed by atoms with Crippen LogP contribution in [-0.4, -0.2) is 23.0 Å². The van der Waals surface area contributed by atoms with Gasteiger partial charge in [-0.05, 0) is 36.0 Å². The largest absolute Gasteiger partial charge is 0.370 e. The first-order chi connectivity index (χ1) is 7.38. The van der Waals surface area contributed by atoms with Crippen LogP contribution in [0.1, 0.15) is 6.42 Å². The van der Waals surface area contributed by atoms with E-state index >= 15 is 0 Å². The zero-order valence-corrected chi connectivity index (χ0v) is 9.39. The van der Waals surface area contributed by atoms with Gasteiger partial charge in [0, 0.05) is 6.54 Å². The van der Waals surface area contributed by atoms with Crippen molar-refractivity contribution in [1.29, 1.82) is 0 Å². The molecular formula is C10H16N4S. The third kappa shape index (κ3) is 3.00. The summed E-state index contributed by atoms with van der Waals surface area (Å²) >= 11 is 2.03. The van der Waals surface area contributed by atoms with Crippen LogP contribution in [0.15, 0.2) is 18.2 Å². The van der Waals surface area contributed by atoms with Crippen LogP contribution in [0.2, 0.25) is 0 Å². The monoisotopic (exact) mass is 224 g/mol. The van der Waals surface area contributed by atoms with Gasteiger partial charge in [-0.15, -0.1) is 0 Å². The van der Waals surface area contributed by atoms with Crippen LogP contribution >= 0.6 is 11.8 Å². The molecule has 4 N–H and O–H groups in total. The predicted octanol–water partition coefficient (Wildman–Crippen LogP) is 1.53. The fraction of sp³-hybridized carbons (Fsp3) is 0.500. The van der Waals surface area contributed by atoms with Crippen LogP contribution in [0.25, 0.3) is 0 Å². The van der Waals surface area contributed by atoms with E-state index in [-0.39, 0.29) is 0 Å². The number of nitrogens with zero attached hydrogens (tertiary/aromatic N) is 1. The van der Waals surface area contributed by atoms with Crippen molar-refractivity contribution in [3.05, 3.63) is 18.2 Å². The Balaban J connectivity index is 1.86. The third-order valence-corrected chi connectivity index (χ3v) is 3.72. The van der Waals surface area contributed by atoms with E-state index in [2.05, 4.69) is 15.7 Å². The summed E-state index contributed by atoms with van der Waals surface area (Å²) in [6.07, 6.45) is 1.31. The van der Waals surface area contributed by atoms with Crippen LogP contribution in [-0.2, 0) is 0 Å². The molecule has 1 unspecified atom stereocenters. The Morgan fingerprint density at radius 1 is 1.47 bits per heavy atom. The van der Waals surface area contributed by atoms with Gasteiger partial charge < -0.3 is 10.7 Å². The second kappa shape index (κ2) is 5.23. The minimum atomic E-state index is 0.695. The van der Waals surface area contributed by atoms with E-state index in [1.165, 1.54) is 17.9 Å². The van der Waals surface area contributed by atoms with E-state index in [0.29, 0.717) is 5.82 Å². The number of nitrogen functional groups attached to an aromatic ring is 1. The minimum absolute atomic E-state index is 0.695. The van der Waals surface area contributed by atoms with E-state index in [1.54, 1.807) is 0 Å². The average molecular weight is 224 g/mol. The van der Waals surface area contributed by atoms with Gasteiger partial charge in [-0.3, -0.25) is 0 Å². The Morgan fingerprint density at radius 2 is 2.33 bits per heavy atom. The van der Waals surface area contributed by atoms with Gasteiger partial charge in [-0.1, -0.05) is 6.07 Å². The van der Waals surface area contributed by atoms with Gasteiger partial charge in [0.15, 0.2) is 0 Å². The number of anilines is 2. The van der Waals surface area contributed by atoms with Gasteiger partial charge >= 0.3 is 0 Å². The average Bonchev–Trinajstić information content (AvgIpc) is 2.79. The highest BCUT2D eigenvalue weighted by molar-refractivity contribution is 7.99. The summed E-state index contributed by atoms with van der Waals surface area (Å²) in [4.78, 5) is 4.30. The molecule has 82 valence electrons. The van der Waals surface area contributed by atoms with Gasteiger partial charge in [0.1, 0.15) is 11.6 Å². The zero-order chi connectivity index (χ0) is 10.5. The molecule has 0 amide bonds. The standard InChI is InChI=1S/C10H16N4S/c11-14-10-3-1-2-9(13-10)12-6-8-4-5-15-7-8/h1-3,8H,4-7,11H2,(H2,12,13,14). The number of rotatable bonds is 4. The van der Waals surface area contributed by atoms with Crippen LogP contribution in [0, 0.1) is 5.92 Å². The molecule has 1 aromatic rings. The van der Waals surface area contributed by atoms with Crippen LogP contribution in [0.3, 0.4) is 0 Å². The Labute approximate surface area is 94.0 Å². The van der Waals surface area contributed by atoms with Crippen molar-refractivity contribution < 1.29 is 0 Å². The molecular weight excluding hydrogens is 208 g/mol. The van der Waals surface area contributed by atoms with Gasteiger partial charge in [-0.2, -0.15) is 11.8 Å². The molecule has 1 aliphatic heterocycles. The van der Waals surface area contributed by atoms with E-state index in [0.717, 1.165) is 18.3 Å². The lowest BCUT2D eigenvalue weighted by Gasteiger charge is -2.11. The van der Waals surface area contributed by atoms with E-state index in [9.17, 15) is 0 Å². The lowest BCUT2D eigenvalue weighted by atomic mass is 10.1. The number of nitrogens with one attached hydrogen (secondary N) is 2. The molecule has 0 aliphatic carbocycles. The summed E-state index contributed by atoms with van der Waals surface area (Å²) in [6, 6.07) is 5.74. The number of hydrogen-bond donors (Lipinski definition) is 3. The Hall–Kier alpha value is -0.940. The summed E-state index contributed by atoms with van der Waals surface area (Å²) in [5.74, 6) is 10.2. The summed E-state index contributed by atoms with van der Waals surface area (Å²) < 4.78 is 0. The van der Waals surface area contributed by atoms with Crippen molar-refractivity contribution in [1.82, 2.24) is 4.98 Å². The number of aromatic nitrogens is 1. The molecule has 5 heteroatoms. The lowest BCUT2D eigenvalue weighted by molar-refractivity contribution is 0.630. The van der Waals surface area contributed by atoms with Gasteiger partial charge in [-0.25, -0.2) is 10.8 Å².